The second kappa shape index (κ2) is 6.12. The highest BCUT2D eigenvalue weighted by atomic mass is 79.9. The van der Waals surface area contributed by atoms with Gasteiger partial charge in [0.2, 0.25) is 5.95 Å². The SMILES string of the molecule is CC(N)CN(C)c1ncc(-c2ccc(Br)cc2)cn1. The third-order valence-corrected chi connectivity index (χ3v) is 3.25. The van der Waals surface area contributed by atoms with Crippen LogP contribution in [-0.2, 0) is 0 Å². The van der Waals surface area contributed by atoms with Crippen LogP contribution in [0.2, 0.25) is 0 Å². The molecule has 0 aliphatic carbocycles. The first kappa shape index (κ1) is 14.0. The van der Waals surface area contributed by atoms with Crippen LogP contribution in [0.5, 0.6) is 0 Å². The number of hydrogen-bond donors (Lipinski definition) is 1. The minimum Gasteiger partial charge on any atom is -0.342 e. The number of likely N-dealkylation sites (N-methyl/N-ethyl adjacent to an activating group) is 1. The van der Waals surface area contributed by atoms with E-state index in [0.717, 1.165) is 22.1 Å². The molecule has 2 N–H and O–H groups in total. The molecule has 0 fully saturated rings. The van der Waals surface area contributed by atoms with Crippen LogP contribution >= 0.6 is 15.9 Å². The van der Waals surface area contributed by atoms with E-state index in [1.807, 2.05) is 55.5 Å². The molecular weight excluding hydrogens is 304 g/mol. The number of halogens is 1. The van der Waals surface area contributed by atoms with Crippen LogP contribution in [0.25, 0.3) is 11.1 Å². The first-order valence-electron chi connectivity index (χ1n) is 6.11. The summed E-state index contributed by atoms with van der Waals surface area (Å²) in [6, 6.07) is 8.18. The van der Waals surface area contributed by atoms with Crippen LogP contribution in [0, 0.1) is 0 Å². The quantitative estimate of drug-likeness (QED) is 0.941. The summed E-state index contributed by atoms with van der Waals surface area (Å²) >= 11 is 3.42. The van der Waals surface area contributed by atoms with E-state index in [-0.39, 0.29) is 6.04 Å². The third kappa shape index (κ3) is 3.75. The van der Waals surface area contributed by atoms with Crippen LogP contribution in [-0.4, -0.2) is 29.6 Å². The van der Waals surface area contributed by atoms with Gasteiger partial charge in [-0.15, -0.1) is 0 Å². The predicted molar refractivity (Wildman–Crippen MR) is 82.1 cm³/mol. The van der Waals surface area contributed by atoms with Crippen molar-refractivity contribution in [2.75, 3.05) is 18.5 Å². The number of hydrogen-bond acceptors (Lipinski definition) is 4. The van der Waals surface area contributed by atoms with Crippen molar-refractivity contribution in [3.8, 4) is 11.1 Å². The molecule has 0 radical (unpaired) electrons. The van der Waals surface area contributed by atoms with Crippen molar-refractivity contribution in [1.82, 2.24) is 9.97 Å². The summed E-state index contributed by atoms with van der Waals surface area (Å²) in [4.78, 5) is 10.7. The van der Waals surface area contributed by atoms with Gasteiger partial charge in [0.1, 0.15) is 0 Å². The highest BCUT2D eigenvalue weighted by Gasteiger charge is 2.07. The molecule has 1 heterocycles. The van der Waals surface area contributed by atoms with E-state index in [2.05, 4.69) is 25.9 Å². The fourth-order valence-electron chi connectivity index (χ4n) is 1.82. The summed E-state index contributed by atoms with van der Waals surface area (Å²) in [5.41, 5.74) is 7.87. The maximum absolute atomic E-state index is 5.76. The summed E-state index contributed by atoms with van der Waals surface area (Å²) in [5.74, 6) is 0.693. The van der Waals surface area contributed by atoms with Gasteiger partial charge in [-0.1, -0.05) is 28.1 Å². The summed E-state index contributed by atoms with van der Waals surface area (Å²) in [6.45, 7) is 2.70. The number of aromatic nitrogens is 2. The molecule has 1 atom stereocenters. The van der Waals surface area contributed by atoms with Gasteiger partial charge >= 0.3 is 0 Å². The van der Waals surface area contributed by atoms with E-state index in [1.54, 1.807) is 0 Å². The summed E-state index contributed by atoms with van der Waals surface area (Å²) in [7, 11) is 1.94. The molecule has 0 aliphatic rings. The lowest BCUT2D eigenvalue weighted by Crippen LogP contribution is -2.33. The maximum atomic E-state index is 5.76. The van der Waals surface area contributed by atoms with Gasteiger partial charge in [-0.3, -0.25) is 0 Å². The molecule has 19 heavy (non-hydrogen) atoms. The van der Waals surface area contributed by atoms with E-state index in [4.69, 9.17) is 5.73 Å². The Morgan fingerprint density at radius 2 is 1.74 bits per heavy atom. The fraction of sp³-hybridized carbons (Fsp3) is 0.286. The second-order valence-electron chi connectivity index (χ2n) is 4.64. The lowest BCUT2D eigenvalue weighted by atomic mass is 10.1. The molecule has 5 heteroatoms. The molecule has 4 nitrogen and oxygen atoms in total. The van der Waals surface area contributed by atoms with Crippen molar-refractivity contribution in [3.63, 3.8) is 0 Å². The molecule has 100 valence electrons. The Morgan fingerprint density at radius 1 is 1.16 bits per heavy atom. The highest BCUT2D eigenvalue weighted by molar-refractivity contribution is 9.10. The largest absolute Gasteiger partial charge is 0.342 e. The number of nitrogens with two attached hydrogens (primary N) is 1. The predicted octanol–water partition coefficient (Wildman–Crippen LogP) is 2.69. The van der Waals surface area contributed by atoms with Crippen LogP contribution in [0.3, 0.4) is 0 Å². The Morgan fingerprint density at radius 3 is 2.26 bits per heavy atom. The average molecular weight is 321 g/mol. The van der Waals surface area contributed by atoms with Crippen LogP contribution in [0.15, 0.2) is 41.1 Å². The van der Waals surface area contributed by atoms with Crippen molar-refractivity contribution < 1.29 is 0 Å². The van der Waals surface area contributed by atoms with Gasteiger partial charge in [0.15, 0.2) is 0 Å². The Labute approximate surface area is 121 Å². The zero-order valence-corrected chi connectivity index (χ0v) is 12.6. The van der Waals surface area contributed by atoms with Crippen LogP contribution in [0.1, 0.15) is 6.92 Å². The molecule has 0 spiro atoms. The molecule has 0 saturated heterocycles. The first-order valence-corrected chi connectivity index (χ1v) is 6.90. The number of rotatable bonds is 4. The minimum absolute atomic E-state index is 0.0970. The monoisotopic (exact) mass is 320 g/mol. The molecule has 0 bridgehead atoms. The summed E-state index contributed by atoms with van der Waals surface area (Å²) in [6.07, 6.45) is 3.67. The Bertz CT molecular complexity index is 522. The van der Waals surface area contributed by atoms with E-state index in [1.165, 1.54) is 0 Å². The van der Waals surface area contributed by atoms with Gasteiger partial charge in [-0.2, -0.15) is 0 Å². The molecule has 0 amide bonds. The van der Waals surface area contributed by atoms with Crippen molar-refractivity contribution in [2.24, 2.45) is 5.73 Å². The lowest BCUT2D eigenvalue weighted by Gasteiger charge is -2.18. The second-order valence-corrected chi connectivity index (χ2v) is 5.55. The van der Waals surface area contributed by atoms with Gasteiger partial charge in [0.25, 0.3) is 0 Å². The van der Waals surface area contributed by atoms with Crippen molar-refractivity contribution in [1.29, 1.82) is 0 Å². The lowest BCUT2D eigenvalue weighted by molar-refractivity contribution is 0.704. The molecular formula is C14H17BrN4. The highest BCUT2D eigenvalue weighted by Crippen LogP contribution is 2.21. The van der Waals surface area contributed by atoms with Crippen molar-refractivity contribution >= 4 is 21.9 Å². The average Bonchev–Trinajstić information content (AvgIpc) is 2.39. The molecule has 1 unspecified atom stereocenters. The fourth-order valence-corrected chi connectivity index (χ4v) is 2.09. The first-order chi connectivity index (χ1) is 9.06. The van der Waals surface area contributed by atoms with Gasteiger partial charge in [-0.25, -0.2) is 9.97 Å². The number of anilines is 1. The smallest absolute Gasteiger partial charge is 0.225 e. The van der Waals surface area contributed by atoms with E-state index >= 15 is 0 Å². The summed E-state index contributed by atoms with van der Waals surface area (Å²) in [5, 5.41) is 0. The molecule has 2 rings (SSSR count). The van der Waals surface area contributed by atoms with Gasteiger partial charge in [-0.05, 0) is 24.6 Å². The Hall–Kier alpha value is -1.46. The van der Waals surface area contributed by atoms with Crippen molar-refractivity contribution in [2.45, 2.75) is 13.0 Å². The Balaban J connectivity index is 2.16. The summed E-state index contributed by atoms with van der Waals surface area (Å²) < 4.78 is 1.06. The number of benzene rings is 1. The van der Waals surface area contributed by atoms with Crippen LogP contribution < -0.4 is 10.6 Å². The van der Waals surface area contributed by atoms with E-state index in [0.29, 0.717) is 5.95 Å². The maximum Gasteiger partial charge on any atom is 0.225 e. The molecule has 0 aliphatic heterocycles. The standard InChI is InChI=1S/C14H17BrN4/c1-10(16)9-19(2)14-17-7-12(8-18-14)11-3-5-13(15)6-4-11/h3-8,10H,9,16H2,1-2H3. The van der Waals surface area contributed by atoms with Crippen molar-refractivity contribution in [3.05, 3.63) is 41.1 Å². The zero-order valence-electron chi connectivity index (χ0n) is 11.0. The Kier molecular flexibility index (Phi) is 4.50. The van der Waals surface area contributed by atoms with E-state index < -0.39 is 0 Å². The normalized spacial score (nSPS) is 12.2. The van der Waals surface area contributed by atoms with Gasteiger partial charge < -0.3 is 10.6 Å². The molecule has 0 saturated carbocycles. The minimum atomic E-state index is 0.0970. The molecule has 1 aromatic heterocycles. The zero-order chi connectivity index (χ0) is 13.8. The van der Waals surface area contributed by atoms with E-state index in [9.17, 15) is 0 Å². The third-order valence-electron chi connectivity index (χ3n) is 2.72. The number of nitrogens with zero attached hydrogens (tertiary/aromatic N) is 3. The molecule has 2 aromatic rings. The molecule has 1 aromatic carbocycles. The van der Waals surface area contributed by atoms with Gasteiger partial charge in [0, 0.05) is 42.1 Å². The van der Waals surface area contributed by atoms with Gasteiger partial charge in [0.05, 0.1) is 0 Å². The van der Waals surface area contributed by atoms with Crippen LogP contribution in [0.4, 0.5) is 5.95 Å². The topological polar surface area (TPSA) is 55.0 Å².